The first-order chi connectivity index (χ1) is 4.66. The average Bonchev–Trinajstić information content (AvgIpc) is 1.82. The van der Waals surface area contributed by atoms with E-state index in [4.69, 9.17) is 5.11 Å². The van der Waals surface area contributed by atoms with Gasteiger partial charge in [0, 0.05) is 0 Å². The Morgan fingerprint density at radius 3 is 2.80 bits per heavy atom. The highest BCUT2D eigenvalue weighted by Crippen LogP contribution is 2.22. The summed E-state index contributed by atoms with van der Waals surface area (Å²) in [5.74, 6) is 0. The first-order valence-electron chi connectivity index (χ1n) is 2.35. The number of hydrogen-bond acceptors (Lipinski definition) is 4. The van der Waals surface area contributed by atoms with Crippen molar-refractivity contribution >= 4 is 14.4 Å². The van der Waals surface area contributed by atoms with Gasteiger partial charge >= 0.3 is 14.4 Å². The van der Waals surface area contributed by atoms with Gasteiger partial charge in [-0.1, -0.05) is 6.08 Å². The molecule has 0 amide bonds. The minimum atomic E-state index is -2.87. The fourth-order valence-corrected chi connectivity index (χ4v) is 0.683. The Kier molecular flexibility index (Phi) is 4.62. The van der Waals surface area contributed by atoms with Gasteiger partial charge in [0.2, 0.25) is 0 Å². The van der Waals surface area contributed by atoms with Crippen LogP contribution < -0.4 is 0 Å². The van der Waals surface area contributed by atoms with Crippen molar-refractivity contribution in [3.05, 3.63) is 12.7 Å². The fraction of sp³-hybridized carbons (Fsp3) is 0.250. The van der Waals surface area contributed by atoms with Crippen LogP contribution in [0.3, 0.4) is 0 Å². The molecular weight excluding hydrogens is 159 g/mol. The Bertz CT molecular complexity index is 154. The van der Waals surface area contributed by atoms with Crippen molar-refractivity contribution in [3.63, 3.8) is 0 Å². The minimum absolute atomic E-state index is 0.0189. The van der Waals surface area contributed by atoms with E-state index in [-0.39, 0.29) is 6.61 Å². The van der Waals surface area contributed by atoms with E-state index in [1.54, 1.807) is 0 Å². The first kappa shape index (κ1) is 9.20. The Labute approximate surface area is 58.2 Å². The van der Waals surface area contributed by atoms with Crippen molar-refractivity contribution in [2.24, 2.45) is 0 Å². The van der Waals surface area contributed by atoms with Crippen LogP contribution in [0.25, 0.3) is 0 Å². The zero-order valence-corrected chi connectivity index (χ0v) is 6.07. The summed E-state index contributed by atoms with van der Waals surface area (Å²) in [4.78, 5) is 9.67. The molecule has 0 aromatic heterocycles. The van der Waals surface area contributed by atoms with Crippen LogP contribution in [0.2, 0.25) is 0 Å². The summed E-state index contributed by atoms with van der Waals surface area (Å²) in [5, 5.41) is 7.88. The standard InChI is InChI=1S/C4H7O5P/c1-2-3-8-10(7)9-4(5)6/h2,10H,1,3H2,(H,5,6). The Morgan fingerprint density at radius 1 is 1.80 bits per heavy atom. The summed E-state index contributed by atoms with van der Waals surface area (Å²) in [6.45, 7) is 3.28. The molecule has 0 aliphatic heterocycles. The molecule has 58 valence electrons. The molecule has 0 radical (unpaired) electrons. The topological polar surface area (TPSA) is 72.8 Å². The molecule has 10 heavy (non-hydrogen) atoms. The maximum absolute atomic E-state index is 10.3. The van der Waals surface area contributed by atoms with Gasteiger partial charge in [0.1, 0.15) is 0 Å². The number of carboxylic acid groups (broad SMARTS) is 1. The highest BCUT2D eigenvalue weighted by Gasteiger charge is 2.02. The molecule has 0 heterocycles. The van der Waals surface area contributed by atoms with Crippen LogP contribution in [0.1, 0.15) is 0 Å². The van der Waals surface area contributed by atoms with E-state index in [1.165, 1.54) is 6.08 Å². The molecule has 0 aliphatic carbocycles. The highest BCUT2D eigenvalue weighted by molar-refractivity contribution is 7.34. The van der Waals surface area contributed by atoms with Crippen LogP contribution in [0.5, 0.6) is 0 Å². The van der Waals surface area contributed by atoms with Crippen LogP contribution >= 0.6 is 8.25 Å². The molecule has 0 aromatic carbocycles. The third-order valence-electron chi connectivity index (χ3n) is 0.490. The van der Waals surface area contributed by atoms with Gasteiger partial charge in [0.15, 0.2) is 0 Å². The van der Waals surface area contributed by atoms with Crippen LogP contribution in [0.15, 0.2) is 12.7 Å². The molecule has 6 heteroatoms. The second-order valence-electron chi connectivity index (χ2n) is 1.22. The average molecular weight is 166 g/mol. The molecule has 1 unspecified atom stereocenters. The van der Waals surface area contributed by atoms with Crippen LogP contribution in [0.4, 0.5) is 4.79 Å². The van der Waals surface area contributed by atoms with Gasteiger partial charge in [-0.15, -0.1) is 6.58 Å². The Balaban J connectivity index is 3.43. The molecule has 1 atom stereocenters. The smallest absolute Gasteiger partial charge is 0.449 e. The van der Waals surface area contributed by atoms with Crippen molar-refractivity contribution in [1.29, 1.82) is 0 Å². The predicted octanol–water partition coefficient (Wildman–Crippen LogP) is 1.27. The van der Waals surface area contributed by atoms with Gasteiger partial charge in [-0.05, 0) is 0 Å². The van der Waals surface area contributed by atoms with Gasteiger partial charge in [-0.25, -0.2) is 9.36 Å². The highest BCUT2D eigenvalue weighted by atomic mass is 31.1. The Hall–Kier alpha value is -0.800. The second kappa shape index (κ2) is 5.02. The van der Waals surface area contributed by atoms with E-state index in [0.29, 0.717) is 0 Å². The van der Waals surface area contributed by atoms with E-state index < -0.39 is 14.4 Å². The fourth-order valence-electron chi connectivity index (χ4n) is 0.228. The van der Waals surface area contributed by atoms with Crippen molar-refractivity contribution in [1.82, 2.24) is 0 Å². The molecular formula is C4H7O5P. The van der Waals surface area contributed by atoms with Crippen molar-refractivity contribution in [3.8, 4) is 0 Å². The molecule has 0 bridgehead atoms. The van der Waals surface area contributed by atoms with E-state index >= 15 is 0 Å². The molecule has 0 saturated carbocycles. The normalized spacial score (nSPS) is 12.0. The molecule has 1 N–H and O–H groups in total. The van der Waals surface area contributed by atoms with Crippen molar-refractivity contribution in [2.45, 2.75) is 0 Å². The van der Waals surface area contributed by atoms with Gasteiger partial charge in [0.25, 0.3) is 0 Å². The largest absolute Gasteiger partial charge is 0.512 e. The Morgan fingerprint density at radius 2 is 2.40 bits per heavy atom. The summed E-state index contributed by atoms with van der Waals surface area (Å²) in [5.41, 5.74) is 0. The van der Waals surface area contributed by atoms with E-state index in [1.807, 2.05) is 0 Å². The minimum Gasteiger partial charge on any atom is -0.449 e. The first-order valence-corrected chi connectivity index (χ1v) is 3.57. The zero-order valence-electron chi connectivity index (χ0n) is 5.07. The molecule has 0 fully saturated rings. The lowest BCUT2D eigenvalue weighted by Gasteiger charge is -1.97. The van der Waals surface area contributed by atoms with Crippen LogP contribution in [0, 0.1) is 0 Å². The monoisotopic (exact) mass is 166 g/mol. The lowest BCUT2D eigenvalue weighted by atomic mass is 10.7. The van der Waals surface area contributed by atoms with E-state index in [9.17, 15) is 9.36 Å². The summed E-state index contributed by atoms with van der Waals surface area (Å²) in [6, 6.07) is 0. The summed E-state index contributed by atoms with van der Waals surface area (Å²) in [6.07, 6.45) is -0.263. The molecule has 0 saturated heterocycles. The quantitative estimate of drug-likeness (QED) is 0.502. The zero-order chi connectivity index (χ0) is 7.98. The van der Waals surface area contributed by atoms with Gasteiger partial charge < -0.3 is 9.63 Å². The lowest BCUT2D eigenvalue weighted by Crippen LogP contribution is -1.93. The SMILES string of the molecule is C=CCO[PH](=O)OC(=O)O. The van der Waals surface area contributed by atoms with E-state index in [0.717, 1.165) is 0 Å². The van der Waals surface area contributed by atoms with E-state index in [2.05, 4.69) is 15.6 Å². The predicted molar refractivity (Wildman–Crippen MR) is 34.3 cm³/mol. The third-order valence-corrected chi connectivity index (χ3v) is 1.23. The number of carbonyl (C=O) groups is 1. The number of hydrogen-bond donors (Lipinski definition) is 1. The maximum Gasteiger partial charge on any atom is 0.512 e. The molecule has 0 aromatic rings. The van der Waals surface area contributed by atoms with Crippen LogP contribution in [-0.4, -0.2) is 17.9 Å². The molecule has 0 spiro atoms. The summed E-state index contributed by atoms with van der Waals surface area (Å²) in [7, 11) is -2.87. The maximum atomic E-state index is 10.3. The summed E-state index contributed by atoms with van der Waals surface area (Å²) < 4.78 is 18.4. The molecule has 0 aliphatic rings. The van der Waals surface area contributed by atoms with Gasteiger partial charge in [-0.3, -0.25) is 4.52 Å². The lowest BCUT2D eigenvalue weighted by molar-refractivity contribution is 0.138. The van der Waals surface area contributed by atoms with Crippen molar-refractivity contribution in [2.75, 3.05) is 6.61 Å². The van der Waals surface area contributed by atoms with Gasteiger partial charge in [0.05, 0.1) is 6.61 Å². The molecule has 0 rings (SSSR count). The third kappa shape index (κ3) is 5.34. The molecule has 5 nitrogen and oxygen atoms in total. The number of rotatable bonds is 4. The summed E-state index contributed by atoms with van der Waals surface area (Å²) >= 11 is 0. The van der Waals surface area contributed by atoms with Crippen molar-refractivity contribution < 1.29 is 23.5 Å². The second-order valence-corrected chi connectivity index (χ2v) is 2.21. The van der Waals surface area contributed by atoms with Crippen LogP contribution in [-0.2, 0) is 13.6 Å². The van der Waals surface area contributed by atoms with Gasteiger partial charge in [-0.2, -0.15) is 0 Å².